The lowest BCUT2D eigenvalue weighted by Gasteiger charge is -2.14. The van der Waals surface area contributed by atoms with E-state index in [0.717, 1.165) is 11.3 Å². The number of aromatic nitrogens is 2. The van der Waals surface area contributed by atoms with Crippen LogP contribution in [0.3, 0.4) is 0 Å². The summed E-state index contributed by atoms with van der Waals surface area (Å²) in [5, 5.41) is 9.42. The van der Waals surface area contributed by atoms with E-state index < -0.39 is 0 Å². The maximum absolute atomic E-state index is 11.9. The van der Waals surface area contributed by atoms with Crippen LogP contribution in [0.4, 0.5) is 5.82 Å². The Morgan fingerprint density at radius 2 is 2.20 bits per heavy atom. The van der Waals surface area contributed by atoms with Gasteiger partial charge in [-0.3, -0.25) is 14.7 Å². The maximum Gasteiger partial charge on any atom is 0.289 e. The van der Waals surface area contributed by atoms with Gasteiger partial charge in [-0.15, -0.1) is 0 Å². The second kappa shape index (κ2) is 5.60. The number of likely N-dealkylation sites (N-methyl/N-ethyl adjacent to an activating group) is 1. The van der Waals surface area contributed by atoms with Crippen molar-refractivity contribution in [2.24, 2.45) is 0 Å². The molecule has 0 aliphatic rings. The summed E-state index contributed by atoms with van der Waals surface area (Å²) in [4.78, 5) is 25.0. The number of amides is 2. The van der Waals surface area contributed by atoms with Crippen LogP contribution in [0.25, 0.3) is 0 Å². The molecule has 0 atom stereocenters. The number of aryl methyl sites for hydroxylation is 1. The van der Waals surface area contributed by atoms with Crippen molar-refractivity contribution in [2.75, 3.05) is 18.9 Å². The van der Waals surface area contributed by atoms with Crippen LogP contribution >= 0.6 is 0 Å². The molecule has 2 rings (SSSR count). The zero-order valence-corrected chi connectivity index (χ0v) is 11.6. The van der Waals surface area contributed by atoms with E-state index in [9.17, 15) is 9.59 Å². The Kier molecular flexibility index (Phi) is 3.88. The highest BCUT2D eigenvalue weighted by Gasteiger charge is 2.18. The molecule has 7 nitrogen and oxygen atoms in total. The first-order valence-corrected chi connectivity index (χ1v) is 6.09. The van der Waals surface area contributed by atoms with Crippen molar-refractivity contribution in [3.63, 3.8) is 0 Å². The Hall–Kier alpha value is -2.57. The zero-order valence-electron chi connectivity index (χ0n) is 11.6. The van der Waals surface area contributed by atoms with Crippen LogP contribution in [-0.4, -0.2) is 40.5 Å². The van der Waals surface area contributed by atoms with Crippen LogP contribution in [0.1, 0.15) is 21.8 Å². The van der Waals surface area contributed by atoms with E-state index >= 15 is 0 Å². The number of rotatable bonds is 4. The first-order chi connectivity index (χ1) is 9.49. The molecule has 2 heterocycles. The summed E-state index contributed by atoms with van der Waals surface area (Å²) in [5.41, 5.74) is 1.76. The predicted molar refractivity (Wildman–Crippen MR) is 72.4 cm³/mol. The lowest BCUT2D eigenvalue weighted by Crippen LogP contribution is -2.34. The first kappa shape index (κ1) is 13.9. The molecule has 2 amide bonds. The highest BCUT2D eigenvalue weighted by molar-refractivity contribution is 5.97. The van der Waals surface area contributed by atoms with Crippen LogP contribution in [0.15, 0.2) is 22.8 Å². The van der Waals surface area contributed by atoms with Gasteiger partial charge in [-0.05, 0) is 26.0 Å². The van der Waals surface area contributed by atoms with Gasteiger partial charge in [0.05, 0.1) is 6.26 Å². The van der Waals surface area contributed by atoms with Gasteiger partial charge in [0.1, 0.15) is 6.54 Å². The van der Waals surface area contributed by atoms with Crippen molar-refractivity contribution in [1.82, 2.24) is 15.1 Å². The van der Waals surface area contributed by atoms with Crippen molar-refractivity contribution < 1.29 is 14.0 Å². The number of anilines is 1. The summed E-state index contributed by atoms with van der Waals surface area (Å²) >= 11 is 0. The Morgan fingerprint density at radius 1 is 1.45 bits per heavy atom. The van der Waals surface area contributed by atoms with Gasteiger partial charge in [-0.25, -0.2) is 0 Å². The standard InChI is InChI=1S/C13H16N4O3/c1-8-9(2)15-16-12(8)14-11(18)7-17(3)13(19)10-5-4-6-20-10/h4-6H,7H2,1-3H3,(H2,14,15,16,18). The molecule has 0 spiro atoms. The molecular formula is C13H16N4O3. The third-order valence-corrected chi connectivity index (χ3v) is 2.97. The lowest BCUT2D eigenvalue weighted by atomic mass is 10.3. The molecule has 2 N–H and O–H groups in total. The Balaban J connectivity index is 1.94. The highest BCUT2D eigenvalue weighted by Crippen LogP contribution is 2.13. The van der Waals surface area contributed by atoms with E-state index in [-0.39, 0.29) is 24.1 Å². The quantitative estimate of drug-likeness (QED) is 0.881. The molecule has 0 bridgehead atoms. The number of carbonyl (C=O) groups excluding carboxylic acids is 2. The maximum atomic E-state index is 11.9. The van der Waals surface area contributed by atoms with Crippen LogP contribution in [0.2, 0.25) is 0 Å². The minimum Gasteiger partial charge on any atom is -0.459 e. The van der Waals surface area contributed by atoms with Gasteiger partial charge in [0, 0.05) is 18.3 Å². The fourth-order valence-corrected chi connectivity index (χ4v) is 1.65. The average molecular weight is 276 g/mol. The van der Waals surface area contributed by atoms with Crippen LogP contribution < -0.4 is 5.32 Å². The molecule has 0 aromatic carbocycles. The second-order valence-corrected chi connectivity index (χ2v) is 4.51. The van der Waals surface area contributed by atoms with E-state index in [1.165, 1.54) is 18.2 Å². The van der Waals surface area contributed by atoms with Crippen molar-refractivity contribution in [3.05, 3.63) is 35.4 Å². The number of H-pyrrole nitrogens is 1. The smallest absolute Gasteiger partial charge is 0.289 e. The first-order valence-electron chi connectivity index (χ1n) is 6.09. The normalized spacial score (nSPS) is 10.3. The van der Waals surface area contributed by atoms with E-state index in [1.54, 1.807) is 12.1 Å². The Labute approximate surface area is 116 Å². The van der Waals surface area contributed by atoms with Crippen LogP contribution in [0, 0.1) is 13.8 Å². The Bertz CT molecular complexity index is 616. The molecule has 2 aromatic heterocycles. The molecule has 20 heavy (non-hydrogen) atoms. The number of hydrogen-bond donors (Lipinski definition) is 2. The molecule has 0 fully saturated rings. The number of nitrogens with zero attached hydrogens (tertiary/aromatic N) is 2. The largest absolute Gasteiger partial charge is 0.459 e. The van der Waals surface area contributed by atoms with Gasteiger partial charge in [0.15, 0.2) is 11.6 Å². The highest BCUT2D eigenvalue weighted by atomic mass is 16.3. The molecule has 0 saturated heterocycles. The number of hydrogen-bond acceptors (Lipinski definition) is 4. The van der Waals surface area contributed by atoms with Gasteiger partial charge < -0.3 is 14.6 Å². The van der Waals surface area contributed by atoms with Crippen molar-refractivity contribution in [1.29, 1.82) is 0 Å². The van der Waals surface area contributed by atoms with Crippen LogP contribution in [0.5, 0.6) is 0 Å². The van der Waals surface area contributed by atoms with Crippen molar-refractivity contribution in [2.45, 2.75) is 13.8 Å². The third-order valence-electron chi connectivity index (χ3n) is 2.97. The Morgan fingerprint density at radius 3 is 2.75 bits per heavy atom. The summed E-state index contributed by atoms with van der Waals surface area (Å²) < 4.78 is 5.00. The van der Waals surface area contributed by atoms with Gasteiger partial charge >= 0.3 is 0 Å². The van der Waals surface area contributed by atoms with Crippen LogP contribution in [-0.2, 0) is 4.79 Å². The average Bonchev–Trinajstić information content (AvgIpc) is 3.03. The molecule has 0 radical (unpaired) electrons. The number of nitrogens with one attached hydrogen (secondary N) is 2. The fourth-order valence-electron chi connectivity index (χ4n) is 1.65. The summed E-state index contributed by atoms with van der Waals surface area (Å²) in [5.74, 6) is 0.0144. The molecule has 7 heteroatoms. The molecule has 0 aliphatic heterocycles. The van der Waals surface area contributed by atoms with Crippen molar-refractivity contribution in [3.8, 4) is 0 Å². The van der Waals surface area contributed by atoms with E-state index in [1.807, 2.05) is 13.8 Å². The predicted octanol–water partition coefficient (Wildman–Crippen LogP) is 1.33. The summed E-state index contributed by atoms with van der Waals surface area (Å²) in [6.45, 7) is 3.64. The topological polar surface area (TPSA) is 91.2 Å². The zero-order chi connectivity index (χ0) is 14.7. The summed E-state index contributed by atoms with van der Waals surface area (Å²) in [6, 6.07) is 3.18. The van der Waals surface area contributed by atoms with E-state index in [2.05, 4.69) is 15.5 Å². The SMILES string of the molecule is Cc1[nH]nc(NC(=O)CN(C)C(=O)c2ccco2)c1C. The van der Waals surface area contributed by atoms with Crippen molar-refractivity contribution >= 4 is 17.6 Å². The summed E-state index contributed by atoms with van der Waals surface area (Å²) in [6.07, 6.45) is 1.41. The lowest BCUT2D eigenvalue weighted by molar-refractivity contribution is -0.116. The number of aromatic amines is 1. The van der Waals surface area contributed by atoms with E-state index in [4.69, 9.17) is 4.42 Å². The number of carbonyl (C=O) groups is 2. The minimum atomic E-state index is -0.347. The van der Waals surface area contributed by atoms with E-state index in [0.29, 0.717) is 5.82 Å². The number of furan rings is 1. The second-order valence-electron chi connectivity index (χ2n) is 4.51. The fraction of sp³-hybridized carbons (Fsp3) is 0.308. The molecule has 2 aromatic rings. The van der Waals surface area contributed by atoms with Gasteiger partial charge in [-0.1, -0.05) is 0 Å². The molecule has 0 unspecified atom stereocenters. The third kappa shape index (κ3) is 2.87. The molecule has 106 valence electrons. The van der Waals surface area contributed by atoms with Gasteiger partial charge in [0.2, 0.25) is 5.91 Å². The summed E-state index contributed by atoms with van der Waals surface area (Å²) in [7, 11) is 1.53. The molecule has 0 aliphatic carbocycles. The monoisotopic (exact) mass is 276 g/mol. The van der Waals surface area contributed by atoms with Gasteiger partial charge in [0.25, 0.3) is 5.91 Å². The molecule has 0 saturated carbocycles. The minimum absolute atomic E-state index is 0.0785. The van der Waals surface area contributed by atoms with Gasteiger partial charge in [-0.2, -0.15) is 5.10 Å². The molecular weight excluding hydrogens is 260 g/mol.